The van der Waals surface area contributed by atoms with Crippen molar-refractivity contribution in [2.45, 2.75) is 63.8 Å². The summed E-state index contributed by atoms with van der Waals surface area (Å²) in [5.74, 6) is 0.112. The molecule has 7 nitrogen and oxygen atoms in total. The number of nitrogens with one attached hydrogen (secondary N) is 1. The molecule has 2 aliphatic rings. The van der Waals surface area contributed by atoms with Gasteiger partial charge in [0.1, 0.15) is 6.61 Å². The molecule has 2 N–H and O–H groups in total. The highest BCUT2D eigenvalue weighted by molar-refractivity contribution is 5.84. The van der Waals surface area contributed by atoms with E-state index in [0.717, 1.165) is 29.8 Å². The van der Waals surface area contributed by atoms with Crippen LogP contribution < -0.4 is 5.32 Å². The first-order valence-corrected chi connectivity index (χ1v) is 13.5. The fourth-order valence-electron chi connectivity index (χ4n) is 5.38. The minimum atomic E-state index is -0.561. The van der Waals surface area contributed by atoms with Crippen LogP contribution in [0.3, 0.4) is 0 Å². The van der Waals surface area contributed by atoms with Gasteiger partial charge in [0.25, 0.3) is 0 Å². The van der Waals surface area contributed by atoms with Gasteiger partial charge in [-0.25, -0.2) is 4.79 Å². The van der Waals surface area contributed by atoms with Crippen LogP contribution in [-0.4, -0.2) is 47.9 Å². The number of nitrogens with zero attached hydrogens (tertiary/aromatic N) is 1. The van der Waals surface area contributed by atoms with E-state index in [9.17, 15) is 9.90 Å². The molecule has 38 heavy (non-hydrogen) atoms. The summed E-state index contributed by atoms with van der Waals surface area (Å²) in [5.41, 5.74) is 3.43. The fraction of sp³-hybridized carbons (Fsp3) is 0.452. The van der Waals surface area contributed by atoms with E-state index >= 15 is 0 Å². The molecule has 4 rings (SSSR count). The van der Waals surface area contributed by atoms with E-state index in [-0.39, 0.29) is 31.3 Å². The highest BCUT2D eigenvalue weighted by Crippen LogP contribution is 2.42. The lowest BCUT2D eigenvalue weighted by atomic mass is 9.89. The van der Waals surface area contributed by atoms with Gasteiger partial charge in [-0.15, -0.1) is 6.58 Å². The first-order chi connectivity index (χ1) is 18.5. The zero-order chi connectivity index (χ0) is 26.9. The smallest absolute Gasteiger partial charge is 0.411 e. The summed E-state index contributed by atoms with van der Waals surface area (Å²) < 4.78 is 18.2. The van der Waals surface area contributed by atoms with E-state index in [0.29, 0.717) is 11.7 Å². The number of carbonyl (C=O) groups excluding carboxylic acids is 1. The van der Waals surface area contributed by atoms with Gasteiger partial charge in [-0.2, -0.15) is 0 Å². The maximum atomic E-state index is 11.9. The second-order valence-corrected chi connectivity index (χ2v) is 10.1. The summed E-state index contributed by atoms with van der Waals surface area (Å²) in [6, 6.07) is 16.0. The average molecular weight is 521 g/mol. The van der Waals surface area contributed by atoms with E-state index in [1.165, 1.54) is 31.8 Å². The zero-order valence-corrected chi connectivity index (χ0v) is 22.3. The third-order valence-electron chi connectivity index (χ3n) is 7.50. The molecule has 1 saturated carbocycles. The monoisotopic (exact) mass is 520 g/mol. The fourth-order valence-corrected chi connectivity index (χ4v) is 5.38. The molecule has 0 unspecified atom stereocenters. The van der Waals surface area contributed by atoms with Gasteiger partial charge in [-0.1, -0.05) is 74.9 Å². The molecule has 1 heterocycles. The Bertz CT molecular complexity index is 1050. The Kier molecular flexibility index (Phi) is 10.1. The van der Waals surface area contributed by atoms with Crippen LogP contribution in [0.5, 0.6) is 0 Å². The van der Waals surface area contributed by atoms with Crippen molar-refractivity contribution >= 4 is 11.8 Å². The van der Waals surface area contributed by atoms with Crippen LogP contribution in [0.4, 0.5) is 10.5 Å². The lowest BCUT2D eigenvalue weighted by Gasteiger charge is -2.43. The topological polar surface area (TPSA) is 80.3 Å². The second-order valence-electron chi connectivity index (χ2n) is 10.1. The number of benzene rings is 2. The molecular formula is C31H40N2O5. The minimum Gasteiger partial charge on any atom is -0.445 e. The number of rotatable bonds is 11. The first kappa shape index (κ1) is 28.0. The maximum Gasteiger partial charge on any atom is 0.411 e. The third kappa shape index (κ3) is 7.11. The largest absolute Gasteiger partial charge is 0.445 e. The van der Waals surface area contributed by atoms with Crippen molar-refractivity contribution < 1.29 is 24.1 Å². The molecule has 0 aromatic heterocycles. The van der Waals surface area contributed by atoms with E-state index < -0.39 is 12.4 Å². The van der Waals surface area contributed by atoms with Gasteiger partial charge in [-0.05, 0) is 36.1 Å². The highest BCUT2D eigenvalue weighted by atomic mass is 16.7. The van der Waals surface area contributed by atoms with Gasteiger partial charge in [0.15, 0.2) is 6.29 Å². The van der Waals surface area contributed by atoms with Crippen molar-refractivity contribution in [3.8, 4) is 0 Å². The molecule has 0 bridgehead atoms. The van der Waals surface area contributed by atoms with Gasteiger partial charge in [0.05, 0.1) is 18.8 Å². The molecule has 1 saturated heterocycles. The van der Waals surface area contributed by atoms with Crippen molar-refractivity contribution in [3.05, 3.63) is 90.5 Å². The van der Waals surface area contributed by atoms with Crippen molar-refractivity contribution in [2.75, 3.05) is 25.0 Å². The Labute approximate surface area is 226 Å². The summed E-state index contributed by atoms with van der Waals surface area (Å²) in [6.07, 6.45) is 7.15. The molecule has 2 fully saturated rings. The van der Waals surface area contributed by atoms with Crippen LogP contribution in [-0.2, 0) is 20.8 Å². The number of hydrogen-bond acceptors (Lipinski definition) is 6. The molecule has 1 aliphatic carbocycles. The Hall–Kier alpha value is -2.97. The standard InChI is InChI=1S/C31H40N2O5/c1-4-18-33(27-8-6-7-9-27)20-28-22(3)29(24-12-10-23(21-34)11-13-24)38-30(37-28)25-14-16-26(17-15-25)32-31(35)36-19-5-2/h4-5,10-17,22,27-30,34H,1-2,6-9,18-21H2,3H3,(H,32,35)/t22-,28+,29+,30+/m0/s1. The molecule has 0 spiro atoms. The van der Waals surface area contributed by atoms with Gasteiger partial charge >= 0.3 is 6.09 Å². The van der Waals surface area contributed by atoms with Crippen LogP contribution in [0, 0.1) is 5.92 Å². The van der Waals surface area contributed by atoms with Crippen molar-refractivity contribution in [3.63, 3.8) is 0 Å². The molecule has 0 radical (unpaired) electrons. The van der Waals surface area contributed by atoms with Gasteiger partial charge < -0.3 is 19.3 Å². The number of aliphatic hydroxyl groups is 1. The third-order valence-corrected chi connectivity index (χ3v) is 7.50. The summed E-state index contributed by atoms with van der Waals surface area (Å²) in [5, 5.41) is 12.2. The SMILES string of the molecule is C=CCOC(=O)Nc1ccc([C@@H]2O[C@H](CN(CC=C)C3CCCC3)[C@H](C)[C@H](c3ccc(CO)cc3)O2)cc1. The van der Waals surface area contributed by atoms with Crippen molar-refractivity contribution in [1.82, 2.24) is 4.90 Å². The number of aliphatic hydroxyl groups excluding tert-OH is 1. The number of ether oxygens (including phenoxy) is 3. The molecule has 1 aliphatic heterocycles. The van der Waals surface area contributed by atoms with Crippen LogP contribution >= 0.6 is 0 Å². The van der Waals surface area contributed by atoms with E-state index in [2.05, 4.69) is 30.3 Å². The Morgan fingerprint density at radius 3 is 2.37 bits per heavy atom. The Balaban J connectivity index is 1.55. The lowest BCUT2D eigenvalue weighted by molar-refractivity contribution is -0.276. The van der Waals surface area contributed by atoms with Crippen LogP contribution in [0.15, 0.2) is 73.8 Å². The quantitative estimate of drug-likeness (QED) is 0.347. The number of amides is 1. The highest BCUT2D eigenvalue weighted by Gasteiger charge is 2.40. The molecule has 7 heteroatoms. The first-order valence-electron chi connectivity index (χ1n) is 13.5. The second kappa shape index (κ2) is 13.7. The zero-order valence-electron chi connectivity index (χ0n) is 22.3. The van der Waals surface area contributed by atoms with Crippen LogP contribution in [0.2, 0.25) is 0 Å². The molecule has 2 aromatic rings. The Morgan fingerprint density at radius 2 is 1.74 bits per heavy atom. The summed E-state index contributed by atoms with van der Waals surface area (Å²) in [6.45, 7) is 11.5. The number of anilines is 1. The summed E-state index contributed by atoms with van der Waals surface area (Å²) in [7, 11) is 0. The van der Waals surface area contributed by atoms with E-state index in [1.807, 2.05) is 54.6 Å². The molecule has 1 amide bonds. The molecule has 4 atom stereocenters. The number of carbonyl (C=O) groups is 1. The number of hydrogen-bond donors (Lipinski definition) is 2. The van der Waals surface area contributed by atoms with Crippen LogP contribution in [0.1, 0.15) is 61.7 Å². The van der Waals surface area contributed by atoms with Gasteiger partial charge in [0.2, 0.25) is 0 Å². The van der Waals surface area contributed by atoms with Crippen LogP contribution in [0.25, 0.3) is 0 Å². The predicted octanol–water partition coefficient (Wildman–Crippen LogP) is 6.14. The molecule has 204 valence electrons. The average Bonchev–Trinajstić information content (AvgIpc) is 3.48. The van der Waals surface area contributed by atoms with Gasteiger partial charge in [-0.3, -0.25) is 10.2 Å². The normalized spacial score (nSPS) is 23.8. The minimum absolute atomic E-state index is 0.00906. The maximum absolute atomic E-state index is 11.9. The summed E-state index contributed by atoms with van der Waals surface area (Å²) >= 11 is 0. The van der Waals surface area contributed by atoms with E-state index in [1.54, 1.807) is 0 Å². The molecule has 2 aromatic carbocycles. The Morgan fingerprint density at radius 1 is 1.05 bits per heavy atom. The summed E-state index contributed by atoms with van der Waals surface area (Å²) in [4.78, 5) is 14.4. The lowest BCUT2D eigenvalue weighted by Crippen LogP contribution is -2.47. The molecular weight excluding hydrogens is 480 g/mol. The van der Waals surface area contributed by atoms with E-state index in [4.69, 9.17) is 14.2 Å². The van der Waals surface area contributed by atoms with Crippen molar-refractivity contribution in [1.29, 1.82) is 0 Å². The van der Waals surface area contributed by atoms with Crippen molar-refractivity contribution in [2.24, 2.45) is 5.92 Å². The van der Waals surface area contributed by atoms with Gasteiger partial charge in [0, 0.05) is 36.3 Å². The predicted molar refractivity (Wildman–Crippen MR) is 149 cm³/mol.